The van der Waals surface area contributed by atoms with E-state index in [4.69, 9.17) is 5.11 Å². The Kier molecular flexibility index (Phi) is 3.05. The molecule has 0 spiro atoms. The number of nitrogens with one attached hydrogen (secondary N) is 1. The van der Waals surface area contributed by atoms with E-state index in [1.807, 2.05) is 30.3 Å². The molecule has 0 aromatic heterocycles. The van der Waals surface area contributed by atoms with Gasteiger partial charge in [-0.2, -0.15) is 0 Å². The van der Waals surface area contributed by atoms with E-state index < -0.39 is 5.60 Å². The molecule has 1 aromatic carbocycles. The molecule has 0 aliphatic carbocycles. The van der Waals surface area contributed by atoms with Crippen LogP contribution < -0.4 is 5.32 Å². The molecule has 1 fully saturated rings. The zero-order valence-electron chi connectivity index (χ0n) is 8.69. The molecule has 0 amide bonds. The predicted octanol–water partition coefficient (Wildman–Crippen LogP) is 0.314. The van der Waals surface area contributed by atoms with Crippen molar-refractivity contribution >= 4 is 0 Å². The second-order valence-corrected chi connectivity index (χ2v) is 4.35. The van der Waals surface area contributed by atoms with Crippen LogP contribution in [0.3, 0.4) is 0 Å². The summed E-state index contributed by atoms with van der Waals surface area (Å²) in [6.07, 6.45) is 1.27. The van der Waals surface area contributed by atoms with Crippen molar-refractivity contribution in [2.45, 2.75) is 24.5 Å². The van der Waals surface area contributed by atoms with Gasteiger partial charge in [0.1, 0.15) is 0 Å². The molecule has 2 atom stereocenters. The summed E-state index contributed by atoms with van der Waals surface area (Å²) >= 11 is 0. The average molecular weight is 207 g/mol. The van der Waals surface area contributed by atoms with Crippen molar-refractivity contribution in [3.63, 3.8) is 0 Å². The van der Waals surface area contributed by atoms with E-state index >= 15 is 0 Å². The van der Waals surface area contributed by atoms with Crippen molar-refractivity contribution in [2.24, 2.45) is 0 Å². The van der Waals surface area contributed by atoms with Gasteiger partial charge in [0.15, 0.2) is 0 Å². The quantitative estimate of drug-likeness (QED) is 0.669. The third-order valence-electron chi connectivity index (χ3n) is 2.94. The lowest BCUT2D eigenvalue weighted by Crippen LogP contribution is -2.33. The Morgan fingerprint density at radius 2 is 2.07 bits per heavy atom. The molecule has 15 heavy (non-hydrogen) atoms. The second-order valence-electron chi connectivity index (χ2n) is 4.35. The van der Waals surface area contributed by atoms with E-state index in [-0.39, 0.29) is 12.6 Å². The van der Waals surface area contributed by atoms with E-state index in [0.29, 0.717) is 19.4 Å². The van der Waals surface area contributed by atoms with Crippen LogP contribution in [-0.2, 0) is 6.42 Å². The van der Waals surface area contributed by atoms with E-state index in [1.165, 1.54) is 0 Å². The number of hydrogen-bond donors (Lipinski definition) is 3. The summed E-state index contributed by atoms with van der Waals surface area (Å²) in [7, 11) is 0. The van der Waals surface area contributed by atoms with Gasteiger partial charge in [0.2, 0.25) is 0 Å². The average Bonchev–Trinajstić information content (AvgIpc) is 2.61. The first kappa shape index (κ1) is 10.6. The highest BCUT2D eigenvalue weighted by Crippen LogP contribution is 2.23. The Labute approximate surface area is 89.8 Å². The van der Waals surface area contributed by atoms with Gasteiger partial charge in [-0.05, 0) is 12.0 Å². The normalized spacial score (nSPS) is 30.7. The van der Waals surface area contributed by atoms with Crippen molar-refractivity contribution < 1.29 is 10.2 Å². The highest BCUT2D eigenvalue weighted by Gasteiger charge is 2.36. The molecular weight excluding hydrogens is 190 g/mol. The molecule has 2 rings (SSSR count). The number of aliphatic hydroxyl groups is 2. The first-order valence-electron chi connectivity index (χ1n) is 5.32. The largest absolute Gasteiger partial charge is 0.395 e. The smallest absolute Gasteiger partial charge is 0.0827 e. The fourth-order valence-corrected chi connectivity index (χ4v) is 2.18. The minimum Gasteiger partial charge on any atom is -0.395 e. The minimum atomic E-state index is -0.700. The summed E-state index contributed by atoms with van der Waals surface area (Å²) in [5.74, 6) is 0. The van der Waals surface area contributed by atoms with E-state index in [9.17, 15) is 5.11 Å². The summed E-state index contributed by atoms with van der Waals surface area (Å²) in [6, 6.07) is 10.00. The second kappa shape index (κ2) is 4.31. The summed E-state index contributed by atoms with van der Waals surface area (Å²) < 4.78 is 0. The summed E-state index contributed by atoms with van der Waals surface area (Å²) in [5.41, 5.74) is 0.440. The number of benzene rings is 1. The topological polar surface area (TPSA) is 52.5 Å². The zero-order chi connectivity index (χ0) is 10.7. The number of hydrogen-bond acceptors (Lipinski definition) is 3. The molecule has 3 N–H and O–H groups in total. The van der Waals surface area contributed by atoms with Gasteiger partial charge in [0.05, 0.1) is 12.2 Å². The maximum Gasteiger partial charge on any atom is 0.0827 e. The van der Waals surface area contributed by atoms with Gasteiger partial charge in [-0.3, -0.25) is 0 Å². The number of aliphatic hydroxyl groups excluding tert-OH is 1. The fourth-order valence-electron chi connectivity index (χ4n) is 2.18. The highest BCUT2D eigenvalue weighted by atomic mass is 16.3. The first-order chi connectivity index (χ1) is 7.22. The summed E-state index contributed by atoms with van der Waals surface area (Å²) in [5, 5.41) is 22.4. The zero-order valence-corrected chi connectivity index (χ0v) is 8.69. The Balaban J connectivity index is 2.00. The number of rotatable bonds is 3. The lowest BCUT2D eigenvalue weighted by molar-refractivity contribution is 0.0568. The molecule has 3 heteroatoms. The summed E-state index contributed by atoms with van der Waals surface area (Å²) in [4.78, 5) is 0. The fraction of sp³-hybridized carbons (Fsp3) is 0.500. The third kappa shape index (κ3) is 2.56. The third-order valence-corrected chi connectivity index (χ3v) is 2.94. The van der Waals surface area contributed by atoms with E-state index in [2.05, 4.69) is 5.32 Å². The molecule has 1 heterocycles. The molecule has 82 valence electrons. The SMILES string of the molecule is OC[C@@H]1CC(O)(Cc2ccccc2)CN1. The van der Waals surface area contributed by atoms with Gasteiger partial charge in [0.25, 0.3) is 0 Å². The maximum absolute atomic E-state index is 10.3. The van der Waals surface area contributed by atoms with Crippen molar-refractivity contribution in [1.82, 2.24) is 5.32 Å². The van der Waals surface area contributed by atoms with Crippen LogP contribution in [0.25, 0.3) is 0 Å². The van der Waals surface area contributed by atoms with Gasteiger partial charge in [-0.15, -0.1) is 0 Å². The monoisotopic (exact) mass is 207 g/mol. The molecule has 1 aliphatic rings. The number of β-amino-alcohol motifs (C(OH)–C–C–N with tert-alkyl or cyclic N) is 1. The van der Waals surface area contributed by atoms with Gasteiger partial charge in [0, 0.05) is 19.0 Å². The van der Waals surface area contributed by atoms with Gasteiger partial charge >= 0.3 is 0 Å². The Morgan fingerprint density at radius 1 is 1.33 bits per heavy atom. The first-order valence-corrected chi connectivity index (χ1v) is 5.32. The van der Waals surface area contributed by atoms with Gasteiger partial charge in [-0.25, -0.2) is 0 Å². The van der Waals surface area contributed by atoms with E-state index in [0.717, 1.165) is 5.56 Å². The van der Waals surface area contributed by atoms with E-state index in [1.54, 1.807) is 0 Å². The van der Waals surface area contributed by atoms with Gasteiger partial charge in [-0.1, -0.05) is 30.3 Å². The maximum atomic E-state index is 10.3. The molecule has 0 saturated carbocycles. The predicted molar refractivity (Wildman–Crippen MR) is 58.6 cm³/mol. The van der Waals surface area contributed by atoms with Crippen LogP contribution in [0.2, 0.25) is 0 Å². The van der Waals surface area contributed by atoms with Crippen LogP contribution in [0.1, 0.15) is 12.0 Å². The highest BCUT2D eigenvalue weighted by molar-refractivity contribution is 5.18. The molecule has 3 nitrogen and oxygen atoms in total. The Hall–Kier alpha value is -0.900. The lowest BCUT2D eigenvalue weighted by Gasteiger charge is -2.21. The van der Waals surface area contributed by atoms with Crippen molar-refractivity contribution in [2.75, 3.05) is 13.2 Å². The van der Waals surface area contributed by atoms with Crippen molar-refractivity contribution in [3.8, 4) is 0 Å². The molecule has 1 aromatic rings. The molecule has 1 saturated heterocycles. The molecule has 1 aliphatic heterocycles. The minimum absolute atomic E-state index is 0.0405. The molecule has 1 unspecified atom stereocenters. The van der Waals surface area contributed by atoms with Crippen LogP contribution >= 0.6 is 0 Å². The molecule has 0 radical (unpaired) electrons. The lowest BCUT2D eigenvalue weighted by atomic mass is 9.92. The molecule has 0 bridgehead atoms. The van der Waals surface area contributed by atoms with Crippen LogP contribution in [-0.4, -0.2) is 35.0 Å². The molecular formula is C12H17NO2. The van der Waals surface area contributed by atoms with Crippen molar-refractivity contribution in [1.29, 1.82) is 0 Å². The Bertz CT molecular complexity index is 315. The van der Waals surface area contributed by atoms with Gasteiger partial charge < -0.3 is 15.5 Å². The standard InChI is InChI=1S/C12H17NO2/c14-8-11-7-12(15,9-13-11)6-10-4-2-1-3-5-10/h1-5,11,13-15H,6-9H2/t11-,12?/m0/s1. The Morgan fingerprint density at radius 3 is 2.67 bits per heavy atom. The van der Waals surface area contributed by atoms with Crippen molar-refractivity contribution in [3.05, 3.63) is 35.9 Å². The van der Waals surface area contributed by atoms with Crippen LogP contribution in [0.4, 0.5) is 0 Å². The summed E-state index contributed by atoms with van der Waals surface area (Å²) in [6.45, 7) is 0.657. The van der Waals surface area contributed by atoms with Crippen LogP contribution in [0.15, 0.2) is 30.3 Å². The van der Waals surface area contributed by atoms with Crippen LogP contribution in [0, 0.1) is 0 Å². The van der Waals surface area contributed by atoms with Crippen LogP contribution in [0.5, 0.6) is 0 Å².